The van der Waals surface area contributed by atoms with E-state index in [-0.39, 0.29) is 5.97 Å². The summed E-state index contributed by atoms with van der Waals surface area (Å²) in [5.74, 6) is -0.358. The summed E-state index contributed by atoms with van der Waals surface area (Å²) < 4.78 is 8.85. The molecule has 2 rings (SSSR count). The van der Waals surface area contributed by atoms with E-state index in [4.69, 9.17) is 4.74 Å². The van der Waals surface area contributed by atoms with Crippen LogP contribution in [0.4, 0.5) is 0 Å². The fourth-order valence-corrected chi connectivity index (χ4v) is 1.79. The van der Waals surface area contributed by atoms with Crippen molar-refractivity contribution in [1.82, 2.24) is 14.9 Å². The minimum Gasteiger partial charge on any atom is -0.457 e. The second kappa shape index (κ2) is 7.60. The van der Waals surface area contributed by atoms with Crippen LogP contribution < -0.4 is 5.32 Å². The first-order chi connectivity index (χ1) is 8.77. The SMILES string of the molecule is CC.Cc1nnsc1C(=O)OCC1=CC=CNC1. The lowest BCUT2D eigenvalue weighted by atomic mass is 10.2. The molecule has 0 bridgehead atoms. The third kappa shape index (κ3) is 3.96. The number of ether oxygens (including phenoxy) is 1. The van der Waals surface area contributed by atoms with Gasteiger partial charge in [-0.2, -0.15) is 0 Å². The molecule has 0 radical (unpaired) electrons. The lowest BCUT2D eigenvalue weighted by molar-refractivity contribution is 0.0543. The van der Waals surface area contributed by atoms with E-state index in [2.05, 4.69) is 14.9 Å². The van der Waals surface area contributed by atoms with Crippen LogP contribution in [0.3, 0.4) is 0 Å². The first-order valence-corrected chi connectivity index (χ1v) is 6.59. The molecule has 1 aliphatic rings. The lowest BCUT2D eigenvalue weighted by Gasteiger charge is -2.10. The average Bonchev–Trinajstić information content (AvgIpc) is 2.86. The molecule has 0 fully saturated rings. The van der Waals surface area contributed by atoms with Crippen LogP contribution in [-0.4, -0.2) is 28.7 Å². The van der Waals surface area contributed by atoms with E-state index in [9.17, 15) is 4.79 Å². The van der Waals surface area contributed by atoms with Crippen LogP contribution in [-0.2, 0) is 4.74 Å². The molecule has 0 unspecified atom stereocenters. The zero-order valence-electron chi connectivity index (χ0n) is 10.8. The molecule has 0 saturated carbocycles. The molecule has 0 aliphatic carbocycles. The van der Waals surface area contributed by atoms with Gasteiger partial charge in [-0.1, -0.05) is 24.4 Å². The van der Waals surface area contributed by atoms with Crippen LogP contribution in [0.2, 0.25) is 0 Å². The van der Waals surface area contributed by atoms with Gasteiger partial charge in [-0.3, -0.25) is 0 Å². The summed E-state index contributed by atoms with van der Waals surface area (Å²) in [7, 11) is 0. The van der Waals surface area contributed by atoms with E-state index in [1.807, 2.05) is 32.2 Å². The van der Waals surface area contributed by atoms with Gasteiger partial charge in [0.1, 0.15) is 6.61 Å². The normalized spacial score (nSPS) is 12.9. The van der Waals surface area contributed by atoms with Crippen molar-refractivity contribution in [3.05, 3.63) is 34.5 Å². The van der Waals surface area contributed by atoms with Gasteiger partial charge in [0.05, 0.1) is 5.69 Å². The van der Waals surface area contributed by atoms with Crippen LogP contribution in [0, 0.1) is 6.92 Å². The Morgan fingerprint density at radius 2 is 2.33 bits per heavy atom. The minimum atomic E-state index is -0.358. The van der Waals surface area contributed by atoms with Gasteiger partial charge in [0, 0.05) is 6.54 Å². The van der Waals surface area contributed by atoms with E-state index in [0.29, 0.717) is 23.7 Å². The number of hydrogen-bond acceptors (Lipinski definition) is 6. The Kier molecular flexibility index (Phi) is 6.07. The number of allylic oxidation sites excluding steroid dienone is 2. The fraction of sp³-hybridized carbons (Fsp3) is 0.417. The van der Waals surface area contributed by atoms with Gasteiger partial charge in [0.2, 0.25) is 0 Å². The van der Waals surface area contributed by atoms with E-state index in [1.54, 1.807) is 6.92 Å². The largest absolute Gasteiger partial charge is 0.457 e. The summed E-state index contributed by atoms with van der Waals surface area (Å²) >= 11 is 1.06. The minimum absolute atomic E-state index is 0.299. The van der Waals surface area contributed by atoms with E-state index in [1.165, 1.54) is 0 Å². The highest BCUT2D eigenvalue weighted by atomic mass is 32.1. The van der Waals surface area contributed by atoms with Crippen LogP contribution in [0.15, 0.2) is 23.9 Å². The van der Waals surface area contributed by atoms with Crippen molar-refractivity contribution in [2.24, 2.45) is 0 Å². The molecule has 0 spiro atoms. The molecule has 5 nitrogen and oxygen atoms in total. The zero-order chi connectivity index (χ0) is 13.4. The Morgan fingerprint density at radius 3 is 2.89 bits per heavy atom. The fourth-order valence-electron chi connectivity index (χ4n) is 1.24. The maximum absolute atomic E-state index is 11.6. The molecule has 1 aromatic heterocycles. The van der Waals surface area contributed by atoms with Crippen molar-refractivity contribution in [1.29, 1.82) is 0 Å². The van der Waals surface area contributed by atoms with E-state index >= 15 is 0 Å². The maximum Gasteiger partial charge on any atom is 0.352 e. The number of carbonyl (C=O) groups excluding carboxylic acids is 1. The number of nitrogens with zero attached hydrogens (tertiary/aromatic N) is 2. The predicted molar refractivity (Wildman–Crippen MR) is 71.5 cm³/mol. The third-order valence-electron chi connectivity index (χ3n) is 2.10. The van der Waals surface area contributed by atoms with Gasteiger partial charge < -0.3 is 10.1 Å². The van der Waals surface area contributed by atoms with E-state index < -0.39 is 0 Å². The lowest BCUT2D eigenvalue weighted by Crippen LogP contribution is -2.18. The molecule has 0 amide bonds. The smallest absolute Gasteiger partial charge is 0.352 e. The molecule has 0 saturated heterocycles. The summed E-state index contributed by atoms with van der Waals surface area (Å²) in [5, 5.41) is 6.80. The molecule has 1 aromatic rings. The van der Waals surface area contributed by atoms with Gasteiger partial charge in [-0.15, -0.1) is 5.10 Å². The molecule has 0 aromatic carbocycles. The number of rotatable bonds is 3. The summed E-state index contributed by atoms with van der Waals surface area (Å²) in [4.78, 5) is 12.1. The molecule has 1 N–H and O–H groups in total. The molecule has 98 valence electrons. The van der Waals surface area contributed by atoms with Crippen LogP contribution in [0.1, 0.15) is 29.2 Å². The van der Waals surface area contributed by atoms with Gasteiger partial charge >= 0.3 is 5.97 Å². The Labute approximate surface area is 111 Å². The average molecular weight is 267 g/mol. The van der Waals surface area contributed by atoms with Gasteiger partial charge in [-0.05, 0) is 36.3 Å². The van der Waals surface area contributed by atoms with Crippen molar-refractivity contribution >= 4 is 17.5 Å². The van der Waals surface area contributed by atoms with Crippen LogP contribution in [0.5, 0.6) is 0 Å². The molecule has 1 aliphatic heterocycles. The van der Waals surface area contributed by atoms with Crippen molar-refractivity contribution < 1.29 is 9.53 Å². The van der Waals surface area contributed by atoms with Gasteiger partial charge in [0.15, 0.2) is 4.88 Å². The second-order valence-corrected chi connectivity index (χ2v) is 4.08. The quantitative estimate of drug-likeness (QED) is 0.849. The van der Waals surface area contributed by atoms with Crippen molar-refractivity contribution in [3.63, 3.8) is 0 Å². The molecule has 0 atom stereocenters. The third-order valence-corrected chi connectivity index (χ3v) is 2.91. The first kappa shape index (κ1) is 14.4. The monoisotopic (exact) mass is 267 g/mol. The van der Waals surface area contributed by atoms with Crippen molar-refractivity contribution in [2.45, 2.75) is 20.8 Å². The van der Waals surface area contributed by atoms with Crippen molar-refractivity contribution in [2.75, 3.05) is 13.2 Å². The standard InChI is InChI=1S/C10H11N3O2S.C2H6/c1-7-9(16-13-12-7)10(14)15-6-8-3-2-4-11-5-8;1-2/h2-4,11H,5-6H2,1H3;1-2H3. The zero-order valence-corrected chi connectivity index (χ0v) is 11.6. The Bertz CT molecular complexity index is 452. The topological polar surface area (TPSA) is 64.1 Å². The summed E-state index contributed by atoms with van der Waals surface area (Å²) in [6.07, 6.45) is 5.66. The highest BCUT2D eigenvalue weighted by Gasteiger charge is 2.15. The number of carbonyl (C=O) groups is 1. The number of hydrogen-bond donors (Lipinski definition) is 1. The first-order valence-electron chi connectivity index (χ1n) is 5.81. The van der Waals surface area contributed by atoms with Crippen LogP contribution >= 0.6 is 11.5 Å². The van der Waals surface area contributed by atoms with Crippen LogP contribution in [0.25, 0.3) is 0 Å². The number of aryl methyl sites for hydroxylation is 1. The number of aromatic nitrogens is 2. The summed E-state index contributed by atoms with van der Waals surface area (Å²) in [6, 6.07) is 0. The summed E-state index contributed by atoms with van der Waals surface area (Å²) in [5.41, 5.74) is 1.65. The number of esters is 1. The number of dihydropyridines is 1. The highest BCUT2D eigenvalue weighted by Crippen LogP contribution is 2.11. The second-order valence-electron chi connectivity index (χ2n) is 3.33. The van der Waals surface area contributed by atoms with Crippen molar-refractivity contribution in [3.8, 4) is 0 Å². The molecule has 18 heavy (non-hydrogen) atoms. The van der Waals surface area contributed by atoms with Gasteiger partial charge in [-0.25, -0.2) is 4.79 Å². The highest BCUT2D eigenvalue weighted by molar-refractivity contribution is 7.07. The predicted octanol–water partition coefficient (Wildman–Crippen LogP) is 2.07. The molecule has 2 heterocycles. The molecular weight excluding hydrogens is 250 g/mol. The summed E-state index contributed by atoms with van der Waals surface area (Å²) in [6.45, 7) is 6.75. The molecular formula is C12H17N3O2S. The Balaban J connectivity index is 0.000000771. The molecule has 6 heteroatoms. The number of nitrogens with one attached hydrogen (secondary N) is 1. The van der Waals surface area contributed by atoms with E-state index in [0.717, 1.165) is 17.1 Å². The van der Waals surface area contributed by atoms with Gasteiger partial charge in [0.25, 0.3) is 0 Å². The Morgan fingerprint density at radius 1 is 1.56 bits per heavy atom. The Hall–Kier alpha value is -1.69. The maximum atomic E-state index is 11.6.